The normalized spacial score (nSPS) is 12.0. The van der Waals surface area contributed by atoms with Crippen LogP contribution in [0.1, 0.15) is 6.92 Å². The number of hydrogen-bond donors (Lipinski definition) is 2. The van der Waals surface area contributed by atoms with Gasteiger partial charge in [-0.05, 0) is 73.7 Å². The Hall–Kier alpha value is -2.88. The fourth-order valence-electron chi connectivity index (χ4n) is 2.84. The van der Waals surface area contributed by atoms with Gasteiger partial charge < -0.3 is 14.8 Å². The van der Waals surface area contributed by atoms with E-state index in [0.29, 0.717) is 27.9 Å². The van der Waals surface area contributed by atoms with Crippen molar-refractivity contribution in [1.29, 1.82) is 0 Å². The number of amides is 1. The first-order chi connectivity index (χ1) is 15.7. The SMILES string of the molecule is COc1ccc(S[C@H](C)C(=O)Nc2ccc(S(=O)(=O)Nc3ccc(Cl)cc3)cc2)cc1OC. The predicted octanol–water partition coefficient (Wildman–Crippen LogP) is 5.28. The van der Waals surface area contributed by atoms with E-state index in [4.69, 9.17) is 21.1 Å². The lowest BCUT2D eigenvalue weighted by molar-refractivity contribution is -0.115. The molecule has 33 heavy (non-hydrogen) atoms. The number of ether oxygens (including phenoxy) is 2. The predicted molar refractivity (Wildman–Crippen MR) is 132 cm³/mol. The molecule has 0 aliphatic rings. The summed E-state index contributed by atoms with van der Waals surface area (Å²) in [4.78, 5) is 13.5. The van der Waals surface area contributed by atoms with Crippen molar-refractivity contribution in [2.75, 3.05) is 24.3 Å². The minimum Gasteiger partial charge on any atom is -0.493 e. The van der Waals surface area contributed by atoms with E-state index in [1.807, 2.05) is 6.07 Å². The molecule has 174 valence electrons. The second kappa shape index (κ2) is 10.8. The summed E-state index contributed by atoms with van der Waals surface area (Å²) in [6.45, 7) is 1.78. The van der Waals surface area contributed by atoms with Crippen molar-refractivity contribution in [3.05, 3.63) is 71.8 Å². The number of nitrogens with one attached hydrogen (secondary N) is 2. The highest BCUT2D eigenvalue weighted by atomic mass is 35.5. The van der Waals surface area contributed by atoms with Gasteiger partial charge in [0.05, 0.1) is 24.4 Å². The third kappa shape index (κ3) is 6.56. The van der Waals surface area contributed by atoms with E-state index in [1.54, 1.807) is 69.7 Å². The number of carbonyl (C=O) groups is 1. The van der Waals surface area contributed by atoms with Gasteiger partial charge in [-0.1, -0.05) is 11.6 Å². The summed E-state index contributed by atoms with van der Waals surface area (Å²) < 4.78 is 38.2. The summed E-state index contributed by atoms with van der Waals surface area (Å²) in [5, 5.41) is 2.91. The van der Waals surface area contributed by atoms with Crippen molar-refractivity contribution in [2.24, 2.45) is 0 Å². The minimum atomic E-state index is -3.77. The fraction of sp³-hybridized carbons (Fsp3) is 0.174. The molecule has 0 aliphatic heterocycles. The van der Waals surface area contributed by atoms with Crippen LogP contribution in [0.5, 0.6) is 11.5 Å². The molecule has 0 saturated carbocycles. The number of methoxy groups -OCH3 is 2. The highest BCUT2D eigenvalue weighted by Gasteiger charge is 2.18. The van der Waals surface area contributed by atoms with Crippen LogP contribution in [0.25, 0.3) is 0 Å². The average Bonchev–Trinajstić information content (AvgIpc) is 2.80. The van der Waals surface area contributed by atoms with Crippen LogP contribution in [-0.4, -0.2) is 33.8 Å². The second-order valence-electron chi connectivity index (χ2n) is 6.90. The summed E-state index contributed by atoms with van der Waals surface area (Å²) in [5.74, 6) is 0.975. The highest BCUT2D eigenvalue weighted by molar-refractivity contribution is 8.00. The molecule has 0 bridgehead atoms. The molecule has 0 fully saturated rings. The van der Waals surface area contributed by atoms with Gasteiger partial charge in [0, 0.05) is 21.3 Å². The first-order valence-corrected chi connectivity index (χ1v) is 12.5. The van der Waals surface area contributed by atoms with E-state index in [0.717, 1.165) is 4.90 Å². The van der Waals surface area contributed by atoms with Crippen LogP contribution in [0, 0.1) is 0 Å². The maximum absolute atomic E-state index is 12.6. The zero-order valence-corrected chi connectivity index (χ0v) is 20.6. The van der Waals surface area contributed by atoms with Crippen LogP contribution < -0.4 is 19.5 Å². The average molecular weight is 507 g/mol. The lowest BCUT2D eigenvalue weighted by Gasteiger charge is -2.14. The standard InChI is InChI=1S/C23H23ClN2O5S2/c1-15(32-19-10-13-21(30-2)22(14-19)31-3)23(27)25-17-8-11-20(12-9-17)33(28,29)26-18-6-4-16(24)5-7-18/h4-15,26H,1-3H3,(H,25,27)/t15-/m1/s1. The molecule has 2 N–H and O–H groups in total. The molecule has 7 nitrogen and oxygen atoms in total. The number of anilines is 2. The molecule has 1 atom stereocenters. The topological polar surface area (TPSA) is 93.7 Å². The molecule has 0 aliphatic carbocycles. The molecule has 0 radical (unpaired) electrons. The Bertz CT molecular complexity index is 1220. The number of hydrogen-bond acceptors (Lipinski definition) is 6. The molecular weight excluding hydrogens is 484 g/mol. The van der Waals surface area contributed by atoms with Gasteiger partial charge >= 0.3 is 0 Å². The van der Waals surface area contributed by atoms with Gasteiger partial charge in [0.15, 0.2) is 11.5 Å². The monoisotopic (exact) mass is 506 g/mol. The summed E-state index contributed by atoms with van der Waals surface area (Å²) in [7, 11) is -0.659. The molecule has 3 rings (SSSR count). The van der Waals surface area contributed by atoms with Crippen molar-refractivity contribution < 1.29 is 22.7 Å². The van der Waals surface area contributed by atoms with E-state index >= 15 is 0 Å². The number of thioether (sulfide) groups is 1. The van der Waals surface area contributed by atoms with Crippen LogP contribution in [0.3, 0.4) is 0 Å². The van der Waals surface area contributed by atoms with Crippen molar-refractivity contribution in [3.63, 3.8) is 0 Å². The van der Waals surface area contributed by atoms with Crippen molar-refractivity contribution in [1.82, 2.24) is 0 Å². The van der Waals surface area contributed by atoms with Crippen molar-refractivity contribution >= 4 is 50.7 Å². The van der Waals surface area contributed by atoms with Crippen LogP contribution in [-0.2, 0) is 14.8 Å². The van der Waals surface area contributed by atoms with Gasteiger partial charge in [0.2, 0.25) is 5.91 Å². The molecule has 0 aromatic heterocycles. The molecule has 0 saturated heterocycles. The van der Waals surface area contributed by atoms with Crippen LogP contribution in [0.2, 0.25) is 5.02 Å². The fourth-order valence-corrected chi connectivity index (χ4v) is 4.92. The summed E-state index contributed by atoms with van der Waals surface area (Å²) in [6, 6.07) is 17.7. The van der Waals surface area contributed by atoms with E-state index in [9.17, 15) is 13.2 Å². The molecule has 3 aromatic rings. The third-order valence-corrected chi connectivity index (χ3v) is 7.31. The smallest absolute Gasteiger partial charge is 0.261 e. The van der Waals surface area contributed by atoms with Gasteiger partial charge in [-0.2, -0.15) is 0 Å². The summed E-state index contributed by atoms with van der Waals surface area (Å²) in [6.07, 6.45) is 0. The number of rotatable bonds is 9. The Morgan fingerprint density at radius 3 is 2.12 bits per heavy atom. The first kappa shape index (κ1) is 24.8. The number of benzene rings is 3. The molecule has 0 unspecified atom stereocenters. The Balaban J connectivity index is 1.63. The van der Waals surface area contributed by atoms with Crippen LogP contribution >= 0.6 is 23.4 Å². The van der Waals surface area contributed by atoms with Crippen LogP contribution in [0.15, 0.2) is 76.5 Å². The van der Waals surface area contributed by atoms with Crippen molar-refractivity contribution in [2.45, 2.75) is 22.0 Å². The van der Waals surface area contributed by atoms with Gasteiger partial charge in [-0.15, -0.1) is 11.8 Å². The first-order valence-electron chi connectivity index (χ1n) is 9.80. The lowest BCUT2D eigenvalue weighted by Crippen LogP contribution is -2.22. The van der Waals surface area contributed by atoms with Crippen LogP contribution in [0.4, 0.5) is 11.4 Å². The molecule has 3 aromatic carbocycles. The third-order valence-electron chi connectivity index (χ3n) is 4.57. The molecular formula is C23H23ClN2O5S2. The molecule has 1 amide bonds. The largest absolute Gasteiger partial charge is 0.493 e. The zero-order valence-electron chi connectivity index (χ0n) is 18.2. The minimum absolute atomic E-state index is 0.0724. The van der Waals surface area contributed by atoms with E-state index < -0.39 is 15.3 Å². The van der Waals surface area contributed by atoms with Gasteiger partial charge in [0.1, 0.15) is 0 Å². The maximum atomic E-state index is 12.6. The number of carbonyl (C=O) groups excluding carboxylic acids is 1. The van der Waals surface area contributed by atoms with E-state index in [-0.39, 0.29) is 10.8 Å². The Kier molecular flexibility index (Phi) is 8.12. The van der Waals surface area contributed by atoms with Gasteiger partial charge in [-0.25, -0.2) is 8.42 Å². The molecule has 0 spiro atoms. The number of halogens is 1. The van der Waals surface area contributed by atoms with Crippen molar-refractivity contribution in [3.8, 4) is 11.5 Å². The zero-order chi connectivity index (χ0) is 24.0. The summed E-state index contributed by atoms with van der Waals surface area (Å²) in [5.41, 5.74) is 0.892. The molecule has 10 heteroatoms. The second-order valence-corrected chi connectivity index (χ2v) is 10.4. The quantitative estimate of drug-likeness (QED) is 0.384. The lowest BCUT2D eigenvalue weighted by atomic mass is 10.3. The number of sulfonamides is 1. The van der Waals surface area contributed by atoms with E-state index in [1.165, 1.54) is 23.9 Å². The Morgan fingerprint density at radius 1 is 0.909 bits per heavy atom. The Labute approximate surface area is 202 Å². The van der Waals surface area contributed by atoms with Gasteiger partial charge in [-0.3, -0.25) is 9.52 Å². The van der Waals surface area contributed by atoms with Gasteiger partial charge in [0.25, 0.3) is 10.0 Å². The van der Waals surface area contributed by atoms with E-state index in [2.05, 4.69) is 10.0 Å². The maximum Gasteiger partial charge on any atom is 0.261 e. The highest BCUT2D eigenvalue weighted by Crippen LogP contribution is 2.33. The summed E-state index contributed by atoms with van der Waals surface area (Å²) >= 11 is 7.19. The Morgan fingerprint density at radius 2 is 1.52 bits per heavy atom. The molecule has 0 heterocycles.